The molecular weight excluding hydrogens is 247 g/mol. The average Bonchev–Trinajstić information content (AvgIpc) is 2.29. The zero-order valence-corrected chi connectivity index (χ0v) is 8.98. The minimum atomic E-state index is -4.50. The summed E-state index contributed by atoms with van der Waals surface area (Å²) in [4.78, 5) is 11.5. The van der Waals surface area contributed by atoms with Crippen molar-refractivity contribution in [2.45, 2.75) is 6.18 Å². The smallest absolute Gasteiger partial charge is 0.397 e. The molecule has 0 saturated carbocycles. The summed E-state index contributed by atoms with van der Waals surface area (Å²) < 4.78 is 38.5. The van der Waals surface area contributed by atoms with Crippen LogP contribution in [-0.4, -0.2) is 9.78 Å². The first-order valence-electron chi connectivity index (χ1n) is 4.91. The lowest BCUT2D eigenvalue weighted by Crippen LogP contribution is -2.21. The quantitative estimate of drug-likeness (QED) is 0.791. The van der Waals surface area contributed by atoms with Gasteiger partial charge in [-0.25, -0.2) is 0 Å². The number of halogens is 3. The summed E-state index contributed by atoms with van der Waals surface area (Å²) >= 11 is 0. The van der Waals surface area contributed by atoms with Crippen molar-refractivity contribution in [1.82, 2.24) is 9.78 Å². The zero-order valence-electron chi connectivity index (χ0n) is 8.98. The second-order valence-corrected chi connectivity index (χ2v) is 3.55. The standard InChI is InChI=1S/C11H8F3N3O/c12-11(13,14)7-3-4-8(15)9(6-7)17-10(18)2-1-5-16-17/h1-6H,15H2. The normalized spacial score (nSPS) is 11.5. The van der Waals surface area contributed by atoms with Crippen molar-refractivity contribution in [2.24, 2.45) is 0 Å². The van der Waals surface area contributed by atoms with Gasteiger partial charge in [0.1, 0.15) is 0 Å². The maximum absolute atomic E-state index is 12.6. The van der Waals surface area contributed by atoms with Gasteiger partial charge < -0.3 is 5.73 Å². The molecule has 0 fully saturated rings. The Balaban J connectivity index is 2.65. The molecule has 1 heterocycles. The van der Waals surface area contributed by atoms with Gasteiger partial charge in [-0.05, 0) is 24.3 Å². The molecule has 2 aromatic rings. The minimum Gasteiger partial charge on any atom is -0.397 e. The highest BCUT2D eigenvalue weighted by molar-refractivity contribution is 5.58. The van der Waals surface area contributed by atoms with E-state index in [-0.39, 0.29) is 11.4 Å². The number of alkyl halides is 3. The number of nitrogens with zero attached hydrogens (tertiary/aromatic N) is 2. The van der Waals surface area contributed by atoms with Gasteiger partial charge >= 0.3 is 6.18 Å². The largest absolute Gasteiger partial charge is 0.416 e. The molecule has 0 unspecified atom stereocenters. The predicted molar refractivity (Wildman–Crippen MR) is 59.2 cm³/mol. The molecule has 0 aliphatic heterocycles. The molecule has 4 nitrogen and oxygen atoms in total. The average molecular weight is 255 g/mol. The molecule has 0 aliphatic carbocycles. The Kier molecular flexibility index (Phi) is 2.82. The van der Waals surface area contributed by atoms with Crippen LogP contribution in [0.3, 0.4) is 0 Å². The number of hydrogen-bond acceptors (Lipinski definition) is 3. The van der Waals surface area contributed by atoms with Crippen LogP contribution in [0.15, 0.2) is 41.3 Å². The second kappa shape index (κ2) is 4.17. The molecule has 0 radical (unpaired) electrons. The van der Waals surface area contributed by atoms with E-state index >= 15 is 0 Å². The zero-order chi connectivity index (χ0) is 13.3. The second-order valence-electron chi connectivity index (χ2n) is 3.55. The van der Waals surface area contributed by atoms with Crippen molar-refractivity contribution in [3.8, 4) is 5.69 Å². The van der Waals surface area contributed by atoms with Gasteiger partial charge in [-0.15, -0.1) is 0 Å². The summed E-state index contributed by atoms with van der Waals surface area (Å²) in [6, 6.07) is 5.32. The Bertz CT molecular complexity index is 634. The van der Waals surface area contributed by atoms with Crippen molar-refractivity contribution in [2.75, 3.05) is 5.73 Å². The van der Waals surface area contributed by atoms with Crippen molar-refractivity contribution in [1.29, 1.82) is 0 Å². The molecule has 0 saturated heterocycles. The maximum Gasteiger partial charge on any atom is 0.416 e. The Morgan fingerprint density at radius 3 is 2.56 bits per heavy atom. The monoisotopic (exact) mass is 255 g/mol. The lowest BCUT2D eigenvalue weighted by molar-refractivity contribution is -0.137. The summed E-state index contributed by atoms with van der Waals surface area (Å²) in [6.07, 6.45) is -3.21. The van der Waals surface area contributed by atoms with Crippen molar-refractivity contribution in [3.05, 3.63) is 52.4 Å². The fraction of sp³-hybridized carbons (Fsp3) is 0.0909. The van der Waals surface area contributed by atoms with Gasteiger partial charge in [0.2, 0.25) is 0 Å². The lowest BCUT2D eigenvalue weighted by atomic mass is 10.1. The number of hydrogen-bond donors (Lipinski definition) is 1. The van der Waals surface area contributed by atoms with Gasteiger partial charge in [0.15, 0.2) is 0 Å². The fourth-order valence-electron chi connectivity index (χ4n) is 1.44. The Morgan fingerprint density at radius 2 is 1.94 bits per heavy atom. The van der Waals surface area contributed by atoms with Crippen LogP contribution >= 0.6 is 0 Å². The summed E-state index contributed by atoms with van der Waals surface area (Å²) in [5, 5.41) is 3.69. The van der Waals surface area contributed by atoms with Gasteiger partial charge in [0.05, 0.1) is 16.9 Å². The van der Waals surface area contributed by atoms with Gasteiger partial charge in [-0.1, -0.05) is 0 Å². The molecule has 0 bridgehead atoms. The molecule has 0 atom stereocenters. The van der Waals surface area contributed by atoms with Gasteiger partial charge in [0.25, 0.3) is 5.56 Å². The molecule has 2 N–H and O–H groups in total. The van der Waals surface area contributed by atoms with Crippen LogP contribution < -0.4 is 11.3 Å². The molecule has 0 spiro atoms. The van der Waals surface area contributed by atoms with Crippen molar-refractivity contribution in [3.63, 3.8) is 0 Å². The highest BCUT2D eigenvalue weighted by Gasteiger charge is 2.31. The third-order valence-electron chi connectivity index (χ3n) is 2.30. The highest BCUT2D eigenvalue weighted by atomic mass is 19.4. The van der Waals surface area contributed by atoms with Crippen LogP contribution in [0.4, 0.5) is 18.9 Å². The van der Waals surface area contributed by atoms with Crippen LogP contribution in [-0.2, 0) is 6.18 Å². The van der Waals surface area contributed by atoms with E-state index in [9.17, 15) is 18.0 Å². The molecule has 2 rings (SSSR count). The first kappa shape index (κ1) is 12.2. The molecule has 7 heteroatoms. The summed E-state index contributed by atoms with van der Waals surface area (Å²) in [6.45, 7) is 0. The number of nitrogen functional groups attached to an aromatic ring is 1. The van der Waals surface area contributed by atoms with E-state index in [1.54, 1.807) is 0 Å². The number of benzene rings is 1. The predicted octanol–water partition coefficient (Wildman–Crippen LogP) is 1.83. The van der Waals surface area contributed by atoms with E-state index in [2.05, 4.69) is 5.10 Å². The number of aromatic nitrogens is 2. The number of rotatable bonds is 1. The third-order valence-corrected chi connectivity index (χ3v) is 2.30. The first-order chi connectivity index (χ1) is 8.39. The highest BCUT2D eigenvalue weighted by Crippen LogP contribution is 2.31. The molecule has 18 heavy (non-hydrogen) atoms. The van der Waals surface area contributed by atoms with Crippen molar-refractivity contribution < 1.29 is 13.2 Å². The SMILES string of the molecule is Nc1ccc(C(F)(F)F)cc1-n1ncccc1=O. The van der Waals surface area contributed by atoms with Crippen LogP contribution in [0.2, 0.25) is 0 Å². The Labute approximate surface area is 99.5 Å². The molecular formula is C11H8F3N3O. The van der Waals surface area contributed by atoms with E-state index in [1.807, 2.05) is 0 Å². The van der Waals surface area contributed by atoms with E-state index < -0.39 is 17.3 Å². The van der Waals surface area contributed by atoms with E-state index in [0.717, 1.165) is 22.9 Å². The van der Waals surface area contributed by atoms with Crippen LogP contribution in [0.25, 0.3) is 5.69 Å². The fourth-order valence-corrected chi connectivity index (χ4v) is 1.44. The van der Waals surface area contributed by atoms with Crippen molar-refractivity contribution >= 4 is 5.69 Å². The lowest BCUT2D eigenvalue weighted by Gasteiger charge is -2.11. The Morgan fingerprint density at radius 1 is 1.22 bits per heavy atom. The van der Waals surface area contributed by atoms with Crippen LogP contribution in [0.5, 0.6) is 0 Å². The topological polar surface area (TPSA) is 60.9 Å². The van der Waals surface area contributed by atoms with Gasteiger partial charge in [0, 0.05) is 12.3 Å². The number of nitrogens with two attached hydrogens (primary N) is 1. The van der Waals surface area contributed by atoms with E-state index in [1.165, 1.54) is 18.3 Å². The number of anilines is 1. The van der Waals surface area contributed by atoms with E-state index in [0.29, 0.717) is 0 Å². The van der Waals surface area contributed by atoms with Crippen LogP contribution in [0, 0.1) is 0 Å². The third kappa shape index (κ3) is 2.20. The molecule has 1 aromatic heterocycles. The Hall–Kier alpha value is -2.31. The summed E-state index contributed by atoms with van der Waals surface area (Å²) in [5.74, 6) is 0. The summed E-state index contributed by atoms with van der Waals surface area (Å²) in [5.41, 5.74) is 4.09. The van der Waals surface area contributed by atoms with Gasteiger partial charge in [-0.3, -0.25) is 4.79 Å². The summed E-state index contributed by atoms with van der Waals surface area (Å²) in [7, 11) is 0. The van der Waals surface area contributed by atoms with E-state index in [4.69, 9.17) is 5.73 Å². The van der Waals surface area contributed by atoms with Crippen LogP contribution in [0.1, 0.15) is 5.56 Å². The molecule has 1 aromatic carbocycles. The molecule has 94 valence electrons. The molecule has 0 aliphatic rings. The minimum absolute atomic E-state index is 0.0452. The van der Waals surface area contributed by atoms with Gasteiger partial charge in [-0.2, -0.15) is 23.0 Å². The molecule has 0 amide bonds. The first-order valence-corrected chi connectivity index (χ1v) is 4.91. The maximum atomic E-state index is 12.6.